The standard InChI is InChI=1S/C15H17N3OS.ClH/c19-14(10-16-9-11-4-5-11)18-13-3-1-2-12(8-13)15-17-6-7-20-15;/h1-3,6-8,11,16H,4-5,9-10H2,(H,18,19);1H. The first-order chi connectivity index (χ1) is 9.81. The molecular weight excluding hydrogens is 306 g/mol. The van der Waals surface area contributed by atoms with Crippen molar-refractivity contribution < 1.29 is 4.79 Å². The van der Waals surface area contributed by atoms with Gasteiger partial charge in [-0.25, -0.2) is 4.98 Å². The van der Waals surface area contributed by atoms with Crippen LogP contribution in [0.3, 0.4) is 0 Å². The molecule has 1 fully saturated rings. The van der Waals surface area contributed by atoms with E-state index in [1.54, 1.807) is 17.5 Å². The summed E-state index contributed by atoms with van der Waals surface area (Å²) in [5, 5.41) is 9.01. The van der Waals surface area contributed by atoms with Crippen LogP contribution in [0.25, 0.3) is 10.6 Å². The number of carbonyl (C=O) groups excluding carboxylic acids is 1. The lowest BCUT2D eigenvalue weighted by atomic mass is 10.2. The molecule has 1 aliphatic carbocycles. The number of benzene rings is 1. The highest BCUT2D eigenvalue weighted by atomic mass is 35.5. The maximum absolute atomic E-state index is 11.8. The Morgan fingerprint density at radius 3 is 2.95 bits per heavy atom. The highest BCUT2D eigenvalue weighted by Gasteiger charge is 2.20. The topological polar surface area (TPSA) is 54.0 Å². The highest BCUT2D eigenvalue weighted by Crippen LogP contribution is 2.27. The third-order valence-corrected chi connectivity index (χ3v) is 4.06. The average Bonchev–Trinajstić information content (AvgIpc) is 3.10. The Balaban J connectivity index is 0.00000161. The van der Waals surface area contributed by atoms with E-state index >= 15 is 0 Å². The molecule has 1 amide bonds. The van der Waals surface area contributed by atoms with E-state index in [0.717, 1.165) is 28.7 Å². The molecule has 2 N–H and O–H groups in total. The molecule has 0 aliphatic heterocycles. The summed E-state index contributed by atoms with van der Waals surface area (Å²) in [4.78, 5) is 16.1. The van der Waals surface area contributed by atoms with Gasteiger partial charge in [0.2, 0.25) is 5.91 Å². The molecule has 0 saturated heterocycles. The lowest BCUT2D eigenvalue weighted by Gasteiger charge is -2.07. The number of aromatic nitrogens is 1. The molecule has 4 nitrogen and oxygen atoms in total. The lowest BCUT2D eigenvalue weighted by Crippen LogP contribution is -2.29. The number of carbonyl (C=O) groups is 1. The van der Waals surface area contributed by atoms with Gasteiger partial charge in [-0.15, -0.1) is 23.7 Å². The Morgan fingerprint density at radius 2 is 2.24 bits per heavy atom. The highest BCUT2D eigenvalue weighted by molar-refractivity contribution is 7.13. The van der Waals surface area contributed by atoms with E-state index in [2.05, 4.69) is 15.6 Å². The molecule has 1 heterocycles. The third kappa shape index (κ3) is 4.81. The van der Waals surface area contributed by atoms with Crippen LogP contribution in [-0.4, -0.2) is 24.0 Å². The second kappa shape index (κ2) is 7.54. The normalized spacial score (nSPS) is 13.5. The Hall–Kier alpha value is -1.43. The van der Waals surface area contributed by atoms with Crippen LogP contribution in [0, 0.1) is 5.92 Å². The van der Waals surface area contributed by atoms with Gasteiger partial charge < -0.3 is 10.6 Å². The van der Waals surface area contributed by atoms with Crippen LogP contribution >= 0.6 is 23.7 Å². The molecule has 1 aromatic carbocycles. The second-order valence-corrected chi connectivity index (χ2v) is 5.94. The maximum atomic E-state index is 11.8. The van der Waals surface area contributed by atoms with Crippen molar-refractivity contribution in [2.45, 2.75) is 12.8 Å². The van der Waals surface area contributed by atoms with Crippen molar-refractivity contribution in [1.82, 2.24) is 10.3 Å². The molecular formula is C15H18ClN3OS. The van der Waals surface area contributed by atoms with Crippen LogP contribution < -0.4 is 10.6 Å². The summed E-state index contributed by atoms with van der Waals surface area (Å²) in [6.45, 7) is 1.32. The van der Waals surface area contributed by atoms with Crippen LogP contribution in [0.5, 0.6) is 0 Å². The number of rotatable bonds is 6. The largest absolute Gasteiger partial charge is 0.325 e. The third-order valence-electron chi connectivity index (χ3n) is 3.24. The van der Waals surface area contributed by atoms with E-state index in [0.29, 0.717) is 6.54 Å². The summed E-state index contributed by atoms with van der Waals surface area (Å²) in [6.07, 6.45) is 4.38. The van der Waals surface area contributed by atoms with Crippen LogP contribution in [0.15, 0.2) is 35.8 Å². The zero-order chi connectivity index (χ0) is 13.8. The molecule has 1 saturated carbocycles. The summed E-state index contributed by atoms with van der Waals surface area (Å²) < 4.78 is 0. The molecule has 21 heavy (non-hydrogen) atoms. The number of thiazole rings is 1. The predicted octanol–water partition coefficient (Wildman–Crippen LogP) is 3.17. The van der Waals surface area contributed by atoms with Crippen LogP contribution in [-0.2, 0) is 4.79 Å². The number of anilines is 1. The summed E-state index contributed by atoms with van der Waals surface area (Å²) >= 11 is 1.59. The van der Waals surface area contributed by atoms with Crippen LogP contribution in [0.2, 0.25) is 0 Å². The number of hydrogen-bond donors (Lipinski definition) is 2. The van der Waals surface area contributed by atoms with Crippen molar-refractivity contribution in [3.05, 3.63) is 35.8 Å². The molecule has 2 aromatic rings. The zero-order valence-electron chi connectivity index (χ0n) is 11.5. The lowest BCUT2D eigenvalue weighted by molar-refractivity contribution is -0.115. The van der Waals surface area contributed by atoms with Gasteiger partial charge in [0.1, 0.15) is 5.01 Å². The molecule has 112 valence electrons. The second-order valence-electron chi connectivity index (χ2n) is 5.04. The first-order valence-corrected chi connectivity index (χ1v) is 7.70. The predicted molar refractivity (Wildman–Crippen MR) is 89.0 cm³/mol. The minimum absolute atomic E-state index is 0. The van der Waals surface area contributed by atoms with E-state index in [1.165, 1.54) is 12.8 Å². The first-order valence-electron chi connectivity index (χ1n) is 6.82. The van der Waals surface area contributed by atoms with Gasteiger partial charge in [-0.2, -0.15) is 0 Å². The van der Waals surface area contributed by atoms with Gasteiger partial charge in [0.25, 0.3) is 0 Å². The van der Waals surface area contributed by atoms with Crippen molar-refractivity contribution in [2.24, 2.45) is 5.92 Å². The minimum Gasteiger partial charge on any atom is -0.325 e. The molecule has 0 atom stereocenters. The van der Waals surface area contributed by atoms with E-state index in [4.69, 9.17) is 0 Å². The number of amides is 1. The van der Waals surface area contributed by atoms with Crippen LogP contribution in [0.1, 0.15) is 12.8 Å². The summed E-state index contributed by atoms with van der Waals surface area (Å²) in [5.74, 6) is 0.790. The zero-order valence-corrected chi connectivity index (χ0v) is 13.2. The van der Waals surface area contributed by atoms with Gasteiger partial charge >= 0.3 is 0 Å². The van der Waals surface area contributed by atoms with E-state index in [9.17, 15) is 4.79 Å². The SMILES string of the molecule is Cl.O=C(CNCC1CC1)Nc1cccc(-c2nccs2)c1. The Bertz CT molecular complexity index is 584. The van der Waals surface area contributed by atoms with Crippen molar-refractivity contribution >= 4 is 35.3 Å². The van der Waals surface area contributed by atoms with Gasteiger partial charge in [0, 0.05) is 22.8 Å². The van der Waals surface area contributed by atoms with E-state index in [1.807, 2.05) is 29.6 Å². The molecule has 0 unspecified atom stereocenters. The maximum Gasteiger partial charge on any atom is 0.238 e. The van der Waals surface area contributed by atoms with E-state index < -0.39 is 0 Å². The summed E-state index contributed by atoms with van der Waals surface area (Å²) in [7, 11) is 0. The fourth-order valence-corrected chi connectivity index (χ4v) is 2.65. The van der Waals surface area contributed by atoms with E-state index in [-0.39, 0.29) is 18.3 Å². The monoisotopic (exact) mass is 323 g/mol. The number of nitrogens with zero attached hydrogens (tertiary/aromatic N) is 1. The molecule has 0 radical (unpaired) electrons. The Morgan fingerprint density at radius 1 is 1.38 bits per heavy atom. The minimum atomic E-state index is 0. The van der Waals surface area contributed by atoms with Crippen molar-refractivity contribution in [3.63, 3.8) is 0 Å². The Labute approximate surface area is 134 Å². The van der Waals surface area contributed by atoms with Gasteiger partial charge in [-0.05, 0) is 37.4 Å². The molecule has 0 spiro atoms. The summed E-state index contributed by atoms with van der Waals surface area (Å²) in [6, 6.07) is 7.79. The van der Waals surface area contributed by atoms with Crippen molar-refractivity contribution in [1.29, 1.82) is 0 Å². The number of hydrogen-bond acceptors (Lipinski definition) is 4. The quantitative estimate of drug-likeness (QED) is 0.858. The molecule has 6 heteroatoms. The molecule has 3 rings (SSSR count). The van der Waals surface area contributed by atoms with Gasteiger partial charge in [0.05, 0.1) is 6.54 Å². The van der Waals surface area contributed by atoms with Gasteiger partial charge in [-0.1, -0.05) is 12.1 Å². The van der Waals surface area contributed by atoms with Gasteiger partial charge in [0.15, 0.2) is 0 Å². The molecule has 1 aliphatic rings. The van der Waals surface area contributed by atoms with Crippen molar-refractivity contribution in [3.8, 4) is 10.6 Å². The fourth-order valence-electron chi connectivity index (χ4n) is 2.01. The smallest absolute Gasteiger partial charge is 0.238 e. The average molecular weight is 324 g/mol. The molecule has 0 bridgehead atoms. The van der Waals surface area contributed by atoms with Crippen molar-refractivity contribution in [2.75, 3.05) is 18.4 Å². The summed E-state index contributed by atoms with van der Waals surface area (Å²) in [5.41, 5.74) is 1.85. The molecule has 1 aromatic heterocycles. The Kier molecular flexibility index (Phi) is 5.73. The number of nitrogens with one attached hydrogen (secondary N) is 2. The van der Waals surface area contributed by atoms with Crippen LogP contribution in [0.4, 0.5) is 5.69 Å². The van der Waals surface area contributed by atoms with Gasteiger partial charge in [-0.3, -0.25) is 4.79 Å². The first kappa shape index (κ1) is 15.9. The fraction of sp³-hybridized carbons (Fsp3) is 0.333. The number of halogens is 1.